The van der Waals surface area contributed by atoms with Crippen LogP contribution < -0.4 is 11.1 Å². The molecule has 2 aliphatic heterocycles. The molecule has 3 heterocycles. The molecule has 2 aliphatic rings. The van der Waals surface area contributed by atoms with Crippen LogP contribution in [-0.2, 0) is 11.3 Å². The van der Waals surface area contributed by atoms with E-state index in [1.807, 2.05) is 67.6 Å². The van der Waals surface area contributed by atoms with E-state index in [1.54, 1.807) is 18.3 Å². The van der Waals surface area contributed by atoms with Crippen molar-refractivity contribution in [2.45, 2.75) is 25.7 Å². The number of carbonyl (C=O) groups is 1. The second-order valence-electron chi connectivity index (χ2n) is 9.90. The summed E-state index contributed by atoms with van der Waals surface area (Å²) in [5.41, 5.74) is 14.3. The molecule has 2 unspecified atom stereocenters. The molecule has 0 saturated heterocycles. The number of hydrogen-bond donors (Lipinski definition) is 2. The van der Waals surface area contributed by atoms with Crippen molar-refractivity contribution in [3.63, 3.8) is 0 Å². The fourth-order valence-electron chi connectivity index (χ4n) is 5.80. The SMILES string of the molecule is Cc1ccc2c(N)nccc2c1CNC(=O)c1ccc2c(c1)C1OC2c2ccc(-c3ccccc3F)cc21. The van der Waals surface area contributed by atoms with Gasteiger partial charge in [-0.05, 0) is 81.6 Å². The highest BCUT2D eigenvalue weighted by Crippen LogP contribution is 2.54. The molecule has 5 aromatic rings. The van der Waals surface area contributed by atoms with Gasteiger partial charge in [-0.15, -0.1) is 0 Å². The van der Waals surface area contributed by atoms with E-state index in [4.69, 9.17) is 10.5 Å². The van der Waals surface area contributed by atoms with E-state index >= 15 is 0 Å². The molecule has 3 N–H and O–H groups in total. The lowest BCUT2D eigenvalue weighted by Crippen LogP contribution is -2.23. The Kier molecular flexibility index (Phi) is 5.06. The van der Waals surface area contributed by atoms with Gasteiger partial charge >= 0.3 is 0 Å². The summed E-state index contributed by atoms with van der Waals surface area (Å²) in [6, 6.07) is 24.4. The maximum Gasteiger partial charge on any atom is 0.251 e. The number of halogens is 1. The number of hydrogen-bond acceptors (Lipinski definition) is 4. The number of amides is 1. The van der Waals surface area contributed by atoms with E-state index in [0.717, 1.165) is 49.7 Å². The number of pyridine rings is 1. The van der Waals surface area contributed by atoms with Crippen molar-refractivity contribution >= 4 is 22.5 Å². The van der Waals surface area contributed by atoms with Crippen molar-refractivity contribution in [2.75, 3.05) is 5.73 Å². The monoisotopic (exact) mass is 501 g/mol. The zero-order valence-electron chi connectivity index (χ0n) is 20.7. The summed E-state index contributed by atoms with van der Waals surface area (Å²) in [5, 5.41) is 4.94. The normalized spacial score (nSPS) is 16.9. The molecule has 2 atom stereocenters. The summed E-state index contributed by atoms with van der Waals surface area (Å²) in [7, 11) is 0. The number of fused-ring (bicyclic) bond motifs is 9. The van der Waals surface area contributed by atoms with Crippen LogP contribution in [0.25, 0.3) is 21.9 Å². The predicted octanol–water partition coefficient (Wildman–Crippen LogP) is 6.38. The third-order valence-electron chi connectivity index (χ3n) is 7.77. The molecular weight excluding hydrogens is 477 g/mol. The third-order valence-corrected chi connectivity index (χ3v) is 7.77. The minimum absolute atomic E-state index is 0.158. The summed E-state index contributed by atoms with van der Waals surface area (Å²) in [4.78, 5) is 17.4. The molecule has 6 heteroatoms. The van der Waals surface area contributed by atoms with E-state index < -0.39 is 0 Å². The Bertz CT molecular complexity index is 1780. The van der Waals surface area contributed by atoms with E-state index in [1.165, 1.54) is 6.07 Å². The van der Waals surface area contributed by atoms with Crippen molar-refractivity contribution in [3.05, 3.63) is 130 Å². The fraction of sp³-hybridized carbons (Fsp3) is 0.125. The smallest absolute Gasteiger partial charge is 0.251 e. The number of nitrogens with two attached hydrogens (primary N) is 1. The van der Waals surface area contributed by atoms with Gasteiger partial charge in [0.15, 0.2) is 0 Å². The lowest BCUT2D eigenvalue weighted by molar-refractivity contribution is 0.0857. The number of aryl methyl sites for hydroxylation is 1. The number of nitrogen functional groups attached to an aromatic ring is 1. The molecule has 1 aromatic heterocycles. The van der Waals surface area contributed by atoms with Crippen LogP contribution >= 0.6 is 0 Å². The molecule has 0 spiro atoms. The van der Waals surface area contributed by atoms with Crippen LogP contribution in [0.4, 0.5) is 10.2 Å². The van der Waals surface area contributed by atoms with Crippen molar-refractivity contribution in [2.24, 2.45) is 0 Å². The maximum atomic E-state index is 14.4. The Morgan fingerprint density at radius 2 is 1.68 bits per heavy atom. The van der Waals surface area contributed by atoms with Crippen LogP contribution in [0.3, 0.4) is 0 Å². The number of anilines is 1. The van der Waals surface area contributed by atoms with Gasteiger partial charge in [0, 0.05) is 29.3 Å². The number of nitrogens with zero attached hydrogens (tertiary/aromatic N) is 1. The Balaban J connectivity index is 1.17. The van der Waals surface area contributed by atoms with Crippen LogP contribution in [0.15, 0.2) is 85.1 Å². The van der Waals surface area contributed by atoms with Gasteiger partial charge < -0.3 is 15.8 Å². The number of ether oxygens (including phenoxy) is 1. The molecule has 0 aliphatic carbocycles. The summed E-state index contributed by atoms with van der Waals surface area (Å²) in [5.74, 6) is 0.0628. The van der Waals surface area contributed by atoms with Gasteiger partial charge in [-0.3, -0.25) is 4.79 Å². The first kappa shape index (κ1) is 22.6. The molecule has 38 heavy (non-hydrogen) atoms. The predicted molar refractivity (Wildman–Crippen MR) is 145 cm³/mol. The molecular formula is C32H24FN3O2. The summed E-state index contributed by atoms with van der Waals surface area (Å²) in [6.07, 6.45) is 1.24. The number of benzene rings is 4. The van der Waals surface area contributed by atoms with Gasteiger partial charge in [-0.2, -0.15) is 0 Å². The summed E-state index contributed by atoms with van der Waals surface area (Å²) >= 11 is 0. The Labute approximate surface area is 219 Å². The number of rotatable bonds is 4. The minimum Gasteiger partial charge on any atom is -0.383 e. The van der Waals surface area contributed by atoms with Gasteiger partial charge in [0.1, 0.15) is 23.8 Å². The number of carbonyl (C=O) groups excluding carboxylic acids is 1. The second-order valence-corrected chi connectivity index (χ2v) is 9.90. The van der Waals surface area contributed by atoms with Crippen LogP contribution in [0.5, 0.6) is 0 Å². The Hall–Kier alpha value is -4.55. The molecule has 0 fully saturated rings. The van der Waals surface area contributed by atoms with Gasteiger partial charge in [-0.1, -0.05) is 48.5 Å². The zero-order chi connectivity index (χ0) is 26.0. The number of nitrogens with one attached hydrogen (secondary N) is 1. The van der Waals surface area contributed by atoms with Gasteiger partial charge in [0.05, 0.1) is 0 Å². The van der Waals surface area contributed by atoms with E-state index in [2.05, 4.69) is 10.3 Å². The minimum atomic E-state index is -0.278. The van der Waals surface area contributed by atoms with Crippen molar-refractivity contribution in [3.8, 4) is 11.1 Å². The Morgan fingerprint density at radius 3 is 2.53 bits per heavy atom. The van der Waals surface area contributed by atoms with Gasteiger partial charge in [0.25, 0.3) is 5.91 Å². The molecule has 7 rings (SSSR count). The summed E-state index contributed by atoms with van der Waals surface area (Å²) < 4.78 is 20.8. The van der Waals surface area contributed by atoms with Gasteiger partial charge in [0.2, 0.25) is 0 Å². The molecule has 0 radical (unpaired) electrons. The topological polar surface area (TPSA) is 77.2 Å². The fourth-order valence-corrected chi connectivity index (χ4v) is 5.80. The highest BCUT2D eigenvalue weighted by Gasteiger charge is 2.43. The lowest BCUT2D eigenvalue weighted by Gasteiger charge is -2.18. The quantitative estimate of drug-likeness (QED) is 0.299. The average molecular weight is 502 g/mol. The lowest BCUT2D eigenvalue weighted by atomic mass is 9.83. The first-order valence-corrected chi connectivity index (χ1v) is 12.6. The maximum absolute atomic E-state index is 14.4. The second kappa shape index (κ2) is 8.50. The first-order valence-electron chi connectivity index (χ1n) is 12.6. The Morgan fingerprint density at radius 1 is 0.921 bits per heavy atom. The van der Waals surface area contributed by atoms with Crippen LogP contribution in [0.1, 0.15) is 55.9 Å². The van der Waals surface area contributed by atoms with E-state index in [-0.39, 0.29) is 23.9 Å². The van der Waals surface area contributed by atoms with Crippen molar-refractivity contribution in [1.29, 1.82) is 0 Å². The first-order chi connectivity index (χ1) is 18.5. The van der Waals surface area contributed by atoms with E-state index in [0.29, 0.717) is 23.5 Å². The highest BCUT2D eigenvalue weighted by molar-refractivity contribution is 5.96. The third kappa shape index (κ3) is 3.41. The molecule has 5 nitrogen and oxygen atoms in total. The molecule has 2 bridgehead atoms. The molecule has 1 amide bonds. The zero-order valence-corrected chi connectivity index (χ0v) is 20.7. The van der Waals surface area contributed by atoms with Gasteiger partial charge in [-0.25, -0.2) is 9.37 Å². The van der Waals surface area contributed by atoms with Crippen LogP contribution in [0.2, 0.25) is 0 Å². The molecule has 0 saturated carbocycles. The molecule has 186 valence electrons. The van der Waals surface area contributed by atoms with Crippen molar-refractivity contribution < 1.29 is 13.9 Å². The largest absolute Gasteiger partial charge is 0.383 e. The van der Waals surface area contributed by atoms with Crippen LogP contribution in [-0.4, -0.2) is 10.9 Å². The van der Waals surface area contributed by atoms with E-state index in [9.17, 15) is 9.18 Å². The van der Waals surface area contributed by atoms with Crippen LogP contribution in [0, 0.1) is 12.7 Å². The standard InChI is InChI=1S/C32H24FN3O2/c1-17-6-9-24-21(12-13-35-31(24)34)27(17)16-36-32(37)19-8-11-23-26(15-19)30-25-14-18(7-10-22(25)29(23)38-30)20-4-2-3-5-28(20)33/h2-15,29-30H,16H2,1H3,(H2,34,35)(H,36,37). The molecule has 4 aromatic carbocycles. The highest BCUT2D eigenvalue weighted by atomic mass is 19.1. The number of aromatic nitrogens is 1. The average Bonchev–Trinajstić information content (AvgIpc) is 3.50. The van der Waals surface area contributed by atoms with Crippen molar-refractivity contribution in [1.82, 2.24) is 10.3 Å². The summed E-state index contributed by atoms with van der Waals surface area (Å²) in [6.45, 7) is 2.40.